The predicted molar refractivity (Wildman–Crippen MR) is 60.1 cm³/mol. The van der Waals surface area contributed by atoms with Crippen molar-refractivity contribution in [1.82, 2.24) is 5.32 Å². The molecule has 0 radical (unpaired) electrons. The fourth-order valence-corrected chi connectivity index (χ4v) is 1.37. The second-order valence-corrected chi connectivity index (χ2v) is 3.34. The van der Waals surface area contributed by atoms with Gasteiger partial charge in [0.25, 0.3) is 0 Å². The van der Waals surface area contributed by atoms with Gasteiger partial charge in [-0.3, -0.25) is 0 Å². The summed E-state index contributed by atoms with van der Waals surface area (Å²) in [7, 11) is 0. The molecular formula is C12H19NO. The third-order valence-electron chi connectivity index (χ3n) is 2.34. The van der Waals surface area contributed by atoms with Gasteiger partial charge >= 0.3 is 0 Å². The Bertz CT molecular complexity index is 247. The molecule has 2 nitrogen and oxygen atoms in total. The Morgan fingerprint density at radius 2 is 2.21 bits per heavy atom. The zero-order valence-corrected chi connectivity index (χ0v) is 8.99. The molecule has 1 rings (SSSR count). The monoisotopic (exact) mass is 193 g/mol. The first kappa shape index (κ1) is 11.1. The highest BCUT2D eigenvalue weighted by Crippen LogP contribution is 2.01. The van der Waals surface area contributed by atoms with Crippen molar-refractivity contribution in [1.29, 1.82) is 0 Å². The molecule has 0 unspecified atom stereocenters. The number of hydrogen-bond donors (Lipinski definition) is 1. The largest absolute Gasteiger partial charge is 0.465 e. The average molecular weight is 193 g/mol. The van der Waals surface area contributed by atoms with Crippen LogP contribution in [0.4, 0.5) is 0 Å². The quantitative estimate of drug-likeness (QED) is 0.751. The SMILES string of the molecule is CCC(CC)NC/C=C/c1ccco1. The molecule has 1 heterocycles. The van der Waals surface area contributed by atoms with Crippen molar-refractivity contribution in [2.45, 2.75) is 32.7 Å². The molecule has 0 fully saturated rings. The minimum Gasteiger partial charge on any atom is -0.465 e. The predicted octanol–water partition coefficient (Wildman–Crippen LogP) is 3.07. The minimum atomic E-state index is 0.635. The van der Waals surface area contributed by atoms with E-state index in [9.17, 15) is 0 Å². The van der Waals surface area contributed by atoms with Crippen LogP contribution in [0.1, 0.15) is 32.4 Å². The molecule has 0 saturated carbocycles. The second-order valence-electron chi connectivity index (χ2n) is 3.34. The van der Waals surface area contributed by atoms with Gasteiger partial charge in [0.1, 0.15) is 5.76 Å². The van der Waals surface area contributed by atoms with E-state index in [2.05, 4.69) is 25.2 Å². The fraction of sp³-hybridized carbons (Fsp3) is 0.500. The van der Waals surface area contributed by atoms with Gasteiger partial charge in [-0.15, -0.1) is 0 Å². The van der Waals surface area contributed by atoms with Crippen LogP contribution in [-0.4, -0.2) is 12.6 Å². The summed E-state index contributed by atoms with van der Waals surface area (Å²) in [6.07, 6.45) is 8.15. The van der Waals surface area contributed by atoms with E-state index >= 15 is 0 Å². The maximum absolute atomic E-state index is 5.18. The maximum Gasteiger partial charge on any atom is 0.126 e. The fourth-order valence-electron chi connectivity index (χ4n) is 1.37. The third-order valence-corrected chi connectivity index (χ3v) is 2.34. The minimum absolute atomic E-state index is 0.635. The molecule has 0 aromatic carbocycles. The molecular weight excluding hydrogens is 174 g/mol. The van der Waals surface area contributed by atoms with Crippen molar-refractivity contribution in [3.05, 3.63) is 30.2 Å². The van der Waals surface area contributed by atoms with Crippen molar-refractivity contribution in [3.8, 4) is 0 Å². The Hall–Kier alpha value is -1.02. The van der Waals surface area contributed by atoms with E-state index in [1.807, 2.05) is 18.2 Å². The molecule has 78 valence electrons. The lowest BCUT2D eigenvalue weighted by Gasteiger charge is -2.12. The Balaban J connectivity index is 2.20. The number of furan rings is 1. The van der Waals surface area contributed by atoms with Gasteiger partial charge in [-0.25, -0.2) is 0 Å². The summed E-state index contributed by atoms with van der Waals surface area (Å²) in [5.41, 5.74) is 0. The van der Waals surface area contributed by atoms with Gasteiger partial charge < -0.3 is 9.73 Å². The van der Waals surface area contributed by atoms with Crippen LogP contribution >= 0.6 is 0 Å². The molecule has 14 heavy (non-hydrogen) atoms. The highest BCUT2D eigenvalue weighted by atomic mass is 16.3. The Morgan fingerprint density at radius 3 is 2.79 bits per heavy atom. The number of rotatable bonds is 6. The molecule has 0 spiro atoms. The Labute approximate surface area is 86.0 Å². The van der Waals surface area contributed by atoms with Gasteiger partial charge in [0.15, 0.2) is 0 Å². The van der Waals surface area contributed by atoms with Crippen molar-refractivity contribution in [2.75, 3.05) is 6.54 Å². The highest BCUT2D eigenvalue weighted by molar-refractivity contribution is 5.42. The van der Waals surface area contributed by atoms with Crippen molar-refractivity contribution >= 4 is 6.08 Å². The molecule has 0 amide bonds. The van der Waals surface area contributed by atoms with Crippen LogP contribution in [0.15, 0.2) is 28.9 Å². The molecule has 0 aliphatic rings. The lowest BCUT2D eigenvalue weighted by molar-refractivity contribution is 0.510. The van der Waals surface area contributed by atoms with E-state index in [0.717, 1.165) is 12.3 Å². The van der Waals surface area contributed by atoms with Crippen LogP contribution in [0.3, 0.4) is 0 Å². The van der Waals surface area contributed by atoms with Crippen LogP contribution in [0.2, 0.25) is 0 Å². The molecule has 0 aliphatic heterocycles. The lowest BCUT2D eigenvalue weighted by atomic mass is 10.2. The van der Waals surface area contributed by atoms with Gasteiger partial charge in [-0.1, -0.05) is 19.9 Å². The first-order chi connectivity index (χ1) is 6.86. The van der Waals surface area contributed by atoms with E-state index in [0.29, 0.717) is 6.04 Å². The van der Waals surface area contributed by atoms with Gasteiger partial charge in [0.2, 0.25) is 0 Å². The summed E-state index contributed by atoms with van der Waals surface area (Å²) in [6, 6.07) is 4.48. The van der Waals surface area contributed by atoms with E-state index in [-0.39, 0.29) is 0 Å². The van der Waals surface area contributed by atoms with Crippen molar-refractivity contribution in [3.63, 3.8) is 0 Å². The third kappa shape index (κ3) is 3.79. The zero-order valence-electron chi connectivity index (χ0n) is 8.99. The van der Waals surface area contributed by atoms with Crippen LogP contribution in [0, 0.1) is 0 Å². The topological polar surface area (TPSA) is 25.2 Å². The normalized spacial score (nSPS) is 11.6. The number of nitrogens with one attached hydrogen (secondary N) is 1. The first-order valence-electron chi connectivity index (χ1n) is 5.30. The molecule has 1 aromatic rings. The molecule has 1 N–H and O–H groups in total. The van der Waals surface area contributed by atoms with Crippen LogP contribution in [-0.2, 0) is 0 Å². The van der Waals surface area contributed by atoms with E-state index in [1.54, 1.807) is 6.26 Å². The Kier molecular flexibility index (Phi) is 5.08. The first-order valence-corrected chi connectivity index (χ1v) is 5.30. The van der Waals surface area contributed by atoms with E-state index in [1.165, 1.54) is 12.8 Å². The van der Waals surface area contributed by atoms with Gasteiger partial charge in [-0.05, 0) is 31.1 Å². The van der Waals surface area contributed by atoms with Crippen LogP contribution in [0.5, 0.6) is 0 Å². The van der Waals surface area contributed by atoms with Crippen LogP contribution < -0.4 is 5.32 Å². The van der Waals surface area contributed by atoms with E-state index in [4.69, 9.17) is 4.42 Å². The lowest BCUT2D eigenvalue weighted by Crippen LogP contribution is -2.27. The van der Waals surface area contributed by atoms with Gasteiger partial charge in [0.05, 0.1) is 6.26 Å². The summed E-state index contributed by atoms with van der Waals surface area (Å²) in [4.78, 5) is 0. The summed E-state index contributed by atoms with van der Waals surface area (Å²) in [6.45, 7) is 5.32. The summed E-state index contributed by atoms with van der Waals surface area (Å²) in [5.74, 6) is 0.913. The zero-order chi connectivity index (χ0) is 10.2. The molecule has 0 aliphatic carbocycles. The maximum atomic E-state index is 5.18. The molecule has 0 atom stereocenters. The number of hydrogen-bond acceptors (Lipinski definition) is 2. The van der Waals surface area contributed by atoms with Gasteiger partial charge in [-0.2, -0.15) is 0 Å². The summed E-state index contributed by atoms with van der Waals surface area (Å²) < 4.78 is 5.18. The molecule has 0 saturated heterocycles. The van der Waals surface area contributed by atoms with E-state index < -0.39 is 0 Å². The Morgan fingerprint density at radius 1 is 1.43 bits per heavy atom. The highest BCUT2D eigenvalue weighted by Gasteiger charge is 1.98. The summed E-state index contributed by atoms with van der Waals surface area (Å²) in [5, 5.41) is 3.45. The van der Waals surface area contributed by atoms with Crippen LogP contribution in [0.25, 0.3) is 6.08 Å². The second kappa shape index (κ2) is 6.44. The van der Waals surface area contributed by atoms with Crippen molar-refractivity contribution < 1.29 is 4.42 Å². The molecule has 0 bridgehead atoms. The van der Waals surface area contributed by atoms with Gasteiger partial charge in [0, 0.05) is 12.6 Å². The summed E-state index contributed by atoms with van der Waals surface area (Å²) >= 11 is 0. The molecule has 1 aromatic heterocycles. The average Bonchev–Trinajstić information content (AvgIpc) is 2.71. The smallest absolute Gasteiger partial charge is 0.126 e. The van der Waals surface area contributed by atoms with Crippen molar-refractivity contribution in [2.24, 2.45) is 0 Å². The molecule has 2 heteroatoms. The standard InChI is InChI=1S/C12H19NO/c1-3-11(4-2)13-9-5-7-12-8-6-10-14-12/h5-8,10-11,13H,3-4,9H2,1-2H3/b7-5+.